The third kappa shape index (κ3) is 3.95. The van der Waals surface area contributed by atoms with Crippen LogP contribution in [0.1, 0.15) is 30.9 Å². The van der Waals surface area contributed by atoms with Gasteiger partial charge < -0.3 is 24.4 Å². The van der Waals surface area contributed by atoms with Gasteiger partial charge in [0.1, 0.15) is 5.75 Å². The second-order valence-electron chi connectivity index (χ2n) is 6.77. The quantitative estimate of drug-likeness (QED) is 0.792. The fourth-order valence-corrected chi connectivity index (χ4v) is 3.98. The van der Waals surface area contributed by atoms with Crippen LogP contribution in [0, 0.1) is 0 Å². The molecule has 142 valence electrons. The van der Waals surface area contributed by atoms with Gasteiger partial charge >= 0.3 is 0 Å². The zero-order valence-electron chi connectivity index (χ0n) is 15.4. The summed E-state index contributed by atoms with van der Waals surface area (Å²) in [5.74, 6) is 2.48. The fourth-order valence-electron chi connectivity index (χ4n) is 3.64. The van der Waals surface area contributed by atoms with E-state index in [0.717, 1.165) is 53.9 Å². The Morgan fingerprint density at radius 2 is 1.96 bits per heavy atom. The van der Waals surface area contributed by atoms with Crippen molar-refractivity contribution in [1.82, 2.24) is 4.90 Å². The first-order chi connectivity index (χ1) is 13.2. The lowest BCUT2D eigenvalue weighted by Gasteiger charge is -2.28. The van der Waals surface area contributed by atoms with Crippen molar-refractivity contribution in [3.05, 3.63) is 48.0 Å². The predicted molar refractivity (Wildman–Crippen MR) is 110 cm³/mol. The molecule has 2 heterocycles. The van der Waals surface area contributed by atoms with Gasteiger partial charge in [0.15, 0.2) is 16.6 Å². The van der Waals surface area contributed by atoms with Crippen LogP contribution in [0.5, 0.6) is 17.2 Å². The minimum absolute atomic E-state index is 0.243. The lowest BCUT2D eigenvalue weighted by Crippen LogP contribution is -2.34. The molecule has 2 aliphatic heterocycles. The van der Waals surface area contributed by atoms with Crippen molar-refractivity contribution in [1.29, 1.82) is 0 Å². The molecule has 1 N–H and O–H groups in total. The maximum Gasteiger partial charge on any atom is 0.173 e. The van der Waals surface area contributed by atoms with Crippen LogP contribution in [0.3, 0.4) is 0 Å². The number of hydrogen-bond acceptors (Lipinski definition) is 4. The molecule has 1 saturated heterocycles. The van der Waals surface area contributed by atoms with Gasteiger partial charge in [-0.3, -0.25) is 0 Å². The van der Waals surface area contributed by atoms with E-state index in [4.69, 9.17) is 26.4 Å². The van der Waals surface area contributed by atoms with Gasteiger partial charge in [0.05, 0.1) is 26.4 Å². The molecule has 2 aliphatic rings. The number of nitrogens with zero attached hydrogens (tertiary/aromatic N) is 1. The van der Waals surface area contributed by atoms with Crippen LogP contribution in [0.25, 0.3) is 0 Å². The number of hydrogen-bond donors (Lipinski definition) is 1. The molecule has 0 aromatic heterocycles. The second kappa shape index (κ2) is 8.05. The Morgan fingerprint density at radius 3 is 2.81 bits per heavy atom. The van der Waals surface area contributed by atoms with Crippen LogP contribution >= 0.6 is 12.2 Å². The van der Waals surface area contributed by atoms with Crippen LogP contribution in [-0.4, -0.2) is 36.9 Å². The molecule has 0 unspecified atom stereocenters. The summed E-state index contributed by atoms with van der Waals surface area (Å²) in [6.45, 7) is 2.34. The number of fused-ring (bicyclic) bond motifs is 1. The van der Waals surface area contributed by atoms with Crippen molar-refractivity contribution in [3.8, 4) is 17.2 Å². The highest BCUT2D eigenvalue weighted by Crippen LogP contribution is 2.38. The van der Waals surface area contributed by atoms with Gasteiger partial charge in [0, 0.05) is 24.7 Å². The summed E-state index contributed by atoms with van der Waals surface area (Å²) >= 11 is 5.71. The molecule has 2 aromatic rings. The van der Waals surface area contributed by atoms with Crippen LogP contribution in [0.4, 0.5) is 5.69 Å². The molecule has 5 nitrogen and oxygen atoms in total. The SMILES string of the molecule is COc1cccc(NC(=S)N2CCC[C@H]2c2ccc3c(c2)OCCCO3)c1. The number of nitrogens with one attached hydrogen (secondary N) is 1. The monoisotopic (exact) mass is 384 g/mol. The first kappa shape index (κ1) is 17.9. The number of thiocarbonyl (C=S) groups is 1. The van der Waals surface area contributed by atoms with E-state index < -0.39 is 0 Å². The number of ether oxygens (including phenoxy) is 3. The number of benzene rings is 2. The van der Waals surface area contributed by atoms with Gasteiger partial charge in [-0.05, 0) is 54.9 Å². The maximum absolute atomic E-state index is 5.86. The molecule has 0 aliphatic carbocycles. The number of methoxy groups -OCH3 is 1. The molecule has 0 spiro atoms. The molecular formula is C21H24N2O3S. The van der Waals surface area contributed by atoms with Crippen LogP contribution in [0.2, 0.25) is 0 Å². The summed E-state index contributed by atoms with van der Waals surface area (Å²) in [5.41, 5.74) is 2.15. The number of likely N-dealkylation sites (tertiary alicyclic amines) is 1. The number of anilines is 1. The molecular weight excluding hydrogens is 360 g/mol. The lowest BCUT2D eigenvalue weighted by atomic mass is 10.0. The van der Waals surface area contributed by atoms with E-state index in [1.807, 2.05) is 30.3 Å². The van der Waals surface area contributed by atoms with Crippen LogP contribution in [0.15, 0.2) is 42.5 Å². The van der Waals surface area contributed by atoms with E-state index in [1.165, 1.54) is 5.56 Å². The van der Waals surface area contributed by atoms with Crippen molar-refractivity contribution in [2.75, 3.05) is 32.2 Å². The molecule has 1 atom stereocenters. The minimum atomic E-state index is 0.243. The summed E-state index contributed by atoms with van der Waals surface area (Å²) in [6.07, 6.45) is 3.09. The highest BCUT2D eigenvalue weighted by atomic mass is 32.1. The lowest BCUT2D eigenvalue weighted by molar-refractivity contribution is 0.296. The van der Waals surface area contributed by atoms with Gasteiger partial charge in [0.25, 0.3) is 0 Å². The highest BCUT2D eigenvalue weighted by Gasteiger charge is 2.29. The molecule has 0 bridgehead atoms. The van der Waals surface area contributed by atoms with E-state index >= 15 is 0 Å². The van der Waals surface area contributed by atoms with E-state index in [-0.39, 0.29) is 6.04 Å². The molecule has 1 fully saturated rings. The molecule has 0 radical (unpaired) electrons. The maximum atomic E-state index is 5.86. The smallest absolute Gasteiger partial charge is 0.173 e. The third-order valence-electron chi connectivity index (χ3n) is 4.99. The topological polar surface area (TPSA) is 43.0 Å². The number of rotatable bonds is 3. The normalized spacial score (nSPS) is 18.7. The Hall–Kier alpha value is -2.47. The van der Waals surface area contributed by atoms with Gasteiger partial charge in [-0.2, -0.15) is 0 Å². The summed E-state index contributed by atoms with van der Waals surface area (Å²) in [6, 6.07) is 14.3. The van der Waals surface area contributed by atoms with E-state index in [9.17, 15) is 0 Å². The van der Waals surface area contributed by atoms with Crippen molar-refractivity contribution in [3.63, 3.8) is 0 Å². The first-order valence-corrected chi connectivity index (χ1v) is 9.76. The molecule has 0 amide bonds. The summed E-state index contributed by atoms with van der Waals surface area (Å²) < 4.78 is 16.9. The molecule has 2 aromatic carbocycles. The molecule has 0 saturated carbocycles. The Morgan fingerprint density at radius 1 is 1.11 bits per heavy atom. The minimum Gasteiger partial charge on any atom is -0.497 e. The Balaban J connectivity index is 1.51. The Bertz CT molecular complexity index is 827. The average Bonchev–Trinajstić information content (AvgIpc) is 3.07. The largest absolute Gasteiger partial charge is 0.497 e. The molecule has 27 heavy (non-hydrogen) atoms. The van der Waals surface area contributed by atoms with Crippen molar-refractivity contribution in [2.24, 2.45) is 0 Å². The standard InChI is InChI=1S/C21H24N2O3S/c1-24-17-6-2-5-16(14-17)22-21(27)23-10-3-7-18(23)15-8-9-19-20(13-15)26-12-4-11-25-19/h2,5-6,8-9,13-14,18H,3-4,7,10-12H2,1H3,(H,22,27)/t18-/m0/s1. The van der Waals surface area contributed by atoms with E-state index in [2.05, 4.69) is 22.3 Å². The van der Waals surface area contributed by atoms with Gasteiger partial charge in [-0.1, -0.05) is 12.1 Å². The first-order valence-electron chi connectivity index (χ1n) is 9.36. The highest BCUT2D eigenvalue weighted by molar-refractivity contribution is 7.80. The van der Waals surface area contributed by atoms with Crippen molar-refractivity contribution < 1.29 is 14.2 Å². The summed E-state index contributed by atoms with van der Waals surface area (Å²) in [4.78, 5) is 2.26. The zero-order chi connectivity index (χ0) is 18.6. The Kier molecular flexibility index (Phi) is 5.34. The van der Waals surface area contributed by atoms with Crippen LogP contribution < -0.4 is 19.5 Å². The summed E-state index contributed by atoms with van der Waals surface area (Å²) in [7, 11) is 1.66. The van der Waals surface area contributed by atoms with Crippen molar-refractivity contribution >= 4 is 23.0 Å². The third-order valence-corrected chi connectivity index (χ3v) is 5.33. The predicted octanol–water partition coefficient (Wildman–Crippen LogP) is 4.39. The van der Waals surface area contributed by atoms with Gasteiger partial charge in [-0.25, -0.2) is 0 Å². The fraction of sp³-hybridized carbons (Fsp3) is 0.381. The Labute approximate surface area is 165 Å². The second-order valence-corrected chi connectivity index (χ2v) is 7.16. The van der Waals surface area contributed by atoms with E-state index in [1.54, 1.807) is 7.11 Å². The van der Waals surface area contributed by atoms with Gasteiger partial charge in [0.2, 0.25) is 0 Å². The zero-order valence-corrected chi connectivity index (χ0v) is 16.3. The molecule has 6 heteroatoms. The summed E-state index contributed by atoms with van der Waals surface area (Å²) in [5, 5.41) is 4.09. The van der Waals surface area contributed by atoms with Crippen molar-refractivity contribution in [2.45, 2.75) is 25.3 Å². The van der Waals surface area contributed by atoms with Gasteiger partial charge in [-0.15, -0.1) is 0 Å². The van der Waals surface area contributed by atoms with E-state index in [0.29, 0.717) is 13.2 Å². The van der Waals surface area contributed by atoms with Crippen LogP contribution in [-0.2, 0) is 0 Å². The average molecular weight is 385 g/mol. The molecule has 4 rings (SSSR count).